The smallest absolute Gasteiger partial charge is 0.265 e. The van der Waals surface area contributed by atoms with Crippen LogP contribution in [0.2, 0.25) is 0 Å². The number of methoxy groups -OCH3 is 1. The first-order valence-electron chi connectivity index (χ1n) is 6.27. The van der Waals surface area contributed by atoms with Crippen molar-refractivity contribution in [2.24, 2.45) is 0 Å². The summed E-state index contributed by atoms with van der Waals surface area (Å²) in [5.74, 6) is 0.934. The molecule has 0 saturated carbocycles. The second kappa shape index (κ2) is 6.07. The molecule has 1 heterocycles. The van der Waals surface area contributed by atoms with Crippen LogP contribution >= 0.6 is 15.9 Å². The highest BCUT2D eigenvalue weighted by atomic mass is 79.9. The van der Waals surface area contributed by atoms with E-state index in [1.165, 1.54) is 26.3 Å². The molecule has 0 aliphatic rings. The molecule has 0 unspecified atom stereocenters. The zero-order valence-electron chi connectivity index (χ0n) is 11.9. The van der Waals surface area contributed by atoms with Crippen molar-refractivity contribution >= 4 is 31.8 Å². The van der Waals surface area contributed by atoms with Gasteiger partial charge in [-0.05, 0) is 40.5 Å². The molecule has 0 radical (unpaired) electrons. The van der Waals surface area contributed by atoms with E-state index in [1.54, 1.807) is 12.1 Å². The Balaban J connectivity index is 2.39. The molecule has 0 atom stereocenters. The van der Waals surface area contributed by atoms with E-state index in [0.717, 1.165) is 16.4 Å². The average molecular weight is 374 g/mol. The molecule has 0 fully saturated rings. The number of aromatic nitrogens is 2. The highest BCUT2D eigenvalue weighted by molar-refractivity contribution is 9.10. The molecule has 1 aromatic carbocycles. The Morgan fingerprint density at radius 3 is 2.62 bits per heavy atom. The fourth-order valence-electron chi connectivity index (χ4n) is 1.78. The van der Waals surface area contributed by atoms with E-state index in [4.69, 9.17) is 4.74 Å². The third-order valence-corrected chi connectivity index (χ3v) is 5.48. The van der Waals surface area contributed by atoms with E-state index >= 15 is 0 Å². The number of ether oxygens (including phenoxy) is 1. The molecule has 0 aliphatic carbocycles. The van der Waals surface area contributed by atoms with Crippen molar-refractivity contribution in [1.82, 2.24) is 10.2 Å². The molecule has 8 heteroatoms. The van der Waals surface area contributed by atoms with E-state index in [9.17, 15) is 8.42 Å². The third kappa shape index (κ3) is 3.06. The predicted octanol–water partition coefficient (Wildman–Crippen LogP) is 2.57. The topological polar surface area (TPSA) is 75.3 Å². The second-order valence-corrected chi connectivity index (χ2v) is 7.20. The van der Waals surface area contributed by atoms with Gasteiger partial charge in [-0.2, -0.15) is 5.10 Å². The zero-order valence-corrected chi connectivity index (χ0v) is 14.3. The second-order valence-electron chi connectivity index (χ2n) is 4.37. The van der Waals surface area contributed by atoms with Crippen LogP contribution in [-0.4, -0.2) is 32.8 Å². The van der Waals surface area contributed by atoms with Crippen molar-refractivity contribution in [3.05, 3.63) is 34.4 Å². The van der Waals surface area contributed by atoms with Crippen molar-refractivity contribution in [2.75, 3.05) is 18.5 Å². The summed E-state index contributed by atoms with van der Waals surface area (Å²) in [6.07, 6.45) is 0.759. The Kier molecular flexibility index (Phi) is 4.58. The van der Waals surface area contributed by atoms with Crippen molar-refractivity contribution < 1.29 is 13.2 Å². The van der Waals surface area contributed by atoms with Crippen LogP contribution in [0.15, 0.2) is 33.6 Å². The van der Waals surface area contributed by atoms with Crippen LogP contribution in [0.5, 0.6) is 5.75 Å². The van der Waals surface area contributed by atoms with Gasteiger partial charge < -0.3 is 4.74 Å². The number of anilines is 1. The molecule has 0 aliphatic heterocycles. The summed E-state index contributed by atoms with van der Waals surface area (Å²) in [7, 11) is -0.670. The van der Waals surface area contributed by atoms with Gasteiger partial charge in [0, 0.05) is 18.8 Å². The number of H-pyrrole nitrogens is 1. The van der Waals surface area contributed by atoms with Crippen molar-refractivity contribution in [2.45, 2.75) is 18.2 Å². The summed E-state index contributed by atoms with van der Waals surface area (Å²) in [5, 5.41) is 6.82. The Bertz CT molecular complexity index is 743. The van der Waals surface area contributed by atoms with Crippen molar-refractivity contribution in [3.8, 4) is 5.75 Å². The normalized spacial score (nSPS) is 11.4. The summed E-state index contributed by atoms with van der Waals surface area (Å²) in [5.41, 5.74) is 0.878. The van der Waals surface area contributed by atoms with Crippen LogP contribution in [-0.2, 0) is 16.4 Å². The summed E-state index contributed by atoms with van der Waals surface area (Å²) >= 11 is 3.29. The quantitative estimate of drug-likeness (QED) is 0.873. The number of hydrogen-bond donors (Lipinski definition) is 1. The lowest BCUT2D eigenvalue weighted by molar-refractivity contribution is 0.411. The minimum Gasteiger partial charge on any atom is -0.496 e. The van der Waals surface area contributed by atoms with Crippen LogP contribution in [0.1, 0.15) is 12.6 Å². The number of halogens is 1. The number of sulfonamides is 1. The van der Waals surface area contributed by atoms with E-state index in [2.05, 4.69) is 26.1 Å². The predicted molar refractivity (Wildman–Crippen MR) is 84.2 cm³/mol. The monoisotopic (exact) mass is 373 g/mol. The van der Waals surface area contributed by atoms with Gasteiger partial charge in [-0.15, -0.1) is 0 Å². The molecule has 6 nitrogen and oxygen atoms in total. The van der Waals surface area contributed by atoms with Gasteiger partial charge in [0.05, 0.1) is 16.5 Å². The number of aromatic amines is 1. The molecule has 1 N–H and O–H groups in total. The number of benzene rings is 1. The molecule has 2 rings (SSSR count). The number of rotatable bonds is 5. The largest absolute Gasteiger partial charge is 0.496 e. The number of hydrogen-bond acceptors (Lipinski definition) is 4. The van der Waals surface area contributed by atoms with Gasteiger partial charge in [-0.25, -0.2) is 8.42 Å². The third-order valence-electron chi connectivity index (χ3n) is 3.10. The molecule has 0 amide bonds. The minimum atomic E-state index is -3.67. The fraction of sp³-hybridized carbons (Fsp3) is 0.308. The highest BCUT2D eigenvalue weighted by Crippen LogP contribution is 2.29. The summed E-state index contributed by atoms with van der Waals surface area (Å²) in [4.78, 5) is 0.165. The Morgan fingerprint density at radius 2 is 2.10 bits per heavy atom. The van der Waals surface area contributed by atoms with Crippen molar-refractivity contribution in [3.63, 3.8) is 0 Å². The molecule has 1 aromatic heterocycles. The zero-order chi connectivity index (χ0) is 15.6. The van der Waals surface area contributed by atoms with Gasteiger partial charge in [0.25, 0.3) is 10.0 Å². The maximum Gasteiger partial charge on any atom is 0.265 e. The standard InChI is InChI=1S/C13H16BrN3O3S/c1-4-9-7-13(16-15-9)17(2)21(18,19)10-5-6-12(20-3)11(14)8-10/h5-8H,4H2,1-3H3,(H,15,16). The molecule has 21 heavy (non-hydrogen) atoms. The van der Waals surface area contributed by atoms with E-state index in [1.807, 2.05) is 6.92 Å². The molecule has 0 spiro atoms. The van der Waals surface area contributed by atoms with Crippen LogP contribution in [0, 0.1) is 0 Å². The fourth-order valence-corrected chi connectivity index (χ4v) is 3.64. The lowest BCUT2D eigenvalue weighted by atomic mass is 10.3. The molecule has 0 bridgehead atoms. The van der Waals surface area contributed by atoms with Gasteiger partial charge in [0.1, 0.15) is 5.75 Å². The first-order valence-corrected chi connectivity index (χ1v) is 8.50. The summed E-state index contributed by atoms with van der Waals surface area (Å²) in [6, 6.07) is 6.34. The average Bonchev–Trinajstić information content (AvgIpc) is 2.95. The number of nitrogens with zero attached hydrogens (tertiary/aromatic N) is 2. The van der Waals surface area contributed by atoms with Crippen LogP contribution in [0.3, 0.4) is 0 Å². The van der Waals surface area contributed by atoms with E-state index < -0.39 is 10.0 Å². The van der Waals surface area contributed by atoms with Crippen LogP contribution in [0.25, 0.3) is 0 Å². The Labute approximate surface area is 132 Å². The first kappa shape index (κ1) is 15.8. The van der Waals surface area contributed by atoms with Gasteiger partial charge in [0.2, 0.25) is 0 Å². The Morgan fingerprint density at radius 1 is 1.38 bits per heavy atom. The molecular weight excluding hydrogens is 358 g/mol. The SMILES string of the molecule is CCc1cc(N(C)S(=O)(=O)c2ccc(OC)c(Br)c2)n[nH]1. The Hall–Kier alpha value is -1.54. The first-order chi connectivity index (χ1) is 9.90. The van der Waals surface area contributed by atoms with E-state index in [-0.39, 0.29) is 4.90 Å². The van der Waals surface area contributed by atoms with Crippen LogP contribution in [0.4, 0.5) is 5.82 Å². The molecule has 0 saturated heterocycles. The maximum atomic E-state index is 12.6. The maximum absolute atomic E-state index is 12.6. The van der Waals surface area contributed by atoms with Gasteiger partial charge in [-0.3, -0.25) is 9.40 Å². The minimum absolute atomic E-state index is 0.165. The summed E-state index contributed by atoms with van der Waals surface area (Å²) < 4.78 is 32.0. The van der Waals surface area contributed by atoms with Gasteiger partial charge in [0.15, 0.2) is 5.82 Å². The van der Waals surface area contributed by atoms with E-state index in [0.29, 0.717) is 16.0 Å². The highest BCUT2D eigenvalue weighted by Gasteiger charge is 2.24. The number of nitrogens with one attached hydrogen (secondary N) is 1. The van der Waals surface area contributed by atoms with Crippen LogP contribution < -0.4 is 9.04 Å². The lowest BCUT2D eigenvalue weighted by Crippen LogP contribution is -2.26. The molecule has 2 aromatic rings. The lowest BCUT2D eigenvalue weighted by Gasteiger charge is -2.17. The van der Waals surface area contributed by atoms with Crippen molar-refractivity contribution in [1.29, 1.82) is 0 Å². The van der Waals surface area contributed by atoms with Gasteiger partial charge >= 0.3 is 0 Å². The summed E-state index contributed by atoms with van der Waals surface area (Å²) in [6.45, 7) is 1.96. The molecular formula is C13H16BrN3O3S. The van der Waals surface area contributed by atoms with Gasteiger partial charge in [-0.1, -0.05) is 6.92 Å². The molecule has 114 valence electrons. The number of aryl methyl sites for hydroxylation is 1.